The fourth-order valence-electron chi connectivity index (χ4n) is 5.17. The van der Waals surface area contributed by atoms with Crippen LogP contribution in [0.25, 0.3) is 67.5 Å². The highest BCUT2D eigenvalue weighted by molar-refractivity contribution is 5.74. The summed E-state index contributed by atoms with van der Waals surface area (Å²) in [6, 6.07) is 51.5. The number of nitrogens with zero attached hydrogens (tertiary/aromatic N) is 3. The number of aromatic nitrogens is 3. The molecule has 0 fully saturated rings. The van der Waals surface area contributed by atoms with E-state index in [2.05, 4.69) is 48.5 Å². The highest BCUT2D eigenvalue weighted by Gasteiger charge is 2.16. The summed E-state index contributed by atoms with van der Waals surface area (Å²) in [5.41, 5.74) is 8.08. The molecule has 0 saturated heterocycles. The molecule has 3 nitrogen and oxygen atoms in total. The molecule has 0 saturated carbocycles. The molecule has 7 aromatic rings. The summed E-state index contributed by atoms with van der Waals surface area (Å²) >= 11 is 0. The van der Waals surface area contributed by atoms with E-state index in [1.54, 1.807) is 12.1 Å². The van der Waals surface area contributed by atoms with Gasteiger partial charge in [-0.2, -0.15) is 0 Å². The molecular weight excluding hydrogens is 529 g/mol. The van der Waals surface area contributed by atoms with Crippen LogP contribution >= 0.6 is 0 Å². The lowest BCUT2D eigenvalue weighted by Crippen LogP contribution is -2.01. The Morgan fingerprint density at radius 1 is 0.302 bits per heavy atom. The van der Waals surface area contributed by atoms with E-state index in [0.29, 0.717) is 17.2 Å². The molecular formula is C39H26FN3. The van der Waals surface area contributed by atoms with Crippen LogP contribution in [0, 0.1) is 5.82 Å². The summed E-state index contributed by atoms with van der Waals surface area (Å²) in [6.45, 7) is 0. The summed E-state index contributed by atoms with van der Waals surface area (Å²) in [5, 5.41) is 0. The maximum absolute atomic E-state index is 15.7. The van der Waals surface area contributed by atoms with E-state index >= 15 is 4.39 Å². The molecule has 1 heterocycles. The minimum absolute atomic E-state index is 0.286. The maximum Gasteiger partial charge on any atom is 0.167 e. The summed E-state index contributed by atoms with van der Waals surface area (Å²) in [5.74, 6) is 0.865. The number of halogens is 1. The molecule has 0 aliphatic heterocycles. The van der Waals surface area contributed by atoms with E-state index in [1.165, 1.54) is 0 Å². The van der Waals surface area contributed by atoms with Gasteiger partial charge in [-0.25, -0.2) is 19.3 Å². The van der Waals surface area contributed by atoms with E-state index < -0.39 is 0 Å². The normalized spacial score (nSPS) is 10.9. The van der Waals surface area contributed by atoms with Crippen LogP contribution in [-0.2, 0) is 0 Å². The molecule has 0 bridgehead atoms. The first-order valence-electron chi connectivity index (χ1n) is 14.1. The first-order chi connectivity index (χ1) is 21.2. The Hall–Kier alpha value is -5.74. The van der Waals surface area contributed by atoms with Gasteiger partial charge in [0.2, 0.25) is 0 Å². The van der Waals surface area contributed by atoms with Crippen LogP contribution in [0.3, 0.4) is 0 Å². The van der Waals surface area contributed by atoms with Crippen LogP contribution in [0.1, 0.15) is 0 Å². The fourth-order valence-corrected chi connectivity index (χ4v) is 5.17. The van der Waals surface area contributed by atoms with Crippen molar-refractivity contribution in [3.8, 4) is 67.5 Å². The number of benzene rings is 6. The van der Waals surface area contributed by atoms with E-state index in [1.807, 2.05) is 97.1 Å². The summed E-state index contributed by atoms with van der Waals surface area (Å²) in [4.78, 5) is 14.5. The Labute approximate surface area is 250 Å². The molecule has 0 N–H and O–H groups in total. The van der Waals surface area contributed by atoms with Crippen molar-refractivity contribution in [3.05, 3.63) is 164 Å². The van der Waals surface area contributed by atoms with Gasteiger partial charge in [-0.15, -0.1) is 0 Å². The van der Waals surface area contributed by atoms with Crippen molar-refractivity contribution in [2.75, 3.05) is 0 Å². The lowest BCUT2D eigenvalue weighted by Gasteiger charge is -2.11. The van der Waals surface area contributed by atoms with Crippen molar-refractivity contribution in [3.63, 3.8) is 0 Å². The predicted molar refractivity (Wildman–Crippen MR) is 172 cm³/mol. The third-order valence-corrected chi connectivity index (χ3v) is 7.43. The van der Waals surface area contributed by atoms with Crippen LogP contribution < -0.4 is 0 Å². The average molecular weight is 556 g/mol. The van der Waals surface area contributed by atoms with Gasteiger partial charge in [0.25, 0.3) is 0 Å². The van der Waals surface area contributed by atoms with Crippen molar-refractivity contribution in [2.24, 2.45) is 0 Å². The van der Waals surface area contributed by atoms with Gasteiger partial charge < -0.3 is 0 Å². The van der Waals surface area contributed by atoms with Gasteiger partial charge in [-0.3, -0.25) is 0 Å². The Balaban J connectivity index is 1.34. The second-order valence-electron chi connectivity index (χ2n) is 10.3. The van der Waals surface area contributed by atoms with Gasteiger partial charge in [0, 0.05) is 11.1 Å². The van der Waals surface area contributed by atoms with Crippen LogP contribution in [0.5, 0.6) is 0 Å². The van der Waals surface area contributed by atoms with Crippen molar-refractivity contribution >= 4 is 0 Å². The molecule has 0 aliphatic carbocycles. The van der Waals surface area contributed by atoms with Crippen LogP contribution in [0.4, 0.5) is 4.39 Å². The van der Waals surface area contributed by atoms with E-state index in [9.17, 15) is 0 Å². The van der Waals surface area contributed by atoms with Crippen molar-refractivity contribution in [1.82, 2.24) is 15.0 Å². The van der Waals surface area contributed by atoms with E-state index in [0.717, 1.165) is 44.5 Å². The molecule has 0 amide bonds. The molecule has 204 valence electrons. The standard InChI is InChI=1S/C39H26FN3/c40-36-26-33(29-15-8-3-9-16-29)23-24-35(36)39-42-37(31-21-19-30(20-22-31)27-11-4-1-5-12-27)41-38(43-39)34-18-10-17-32(25-34)28-13-6-2-7-14-28/h1-26H. The minimum Gasteiger partial charge on any atom is -0.208 e. The zero-order chi connectivity index (χ0) is 29.0. The van der Waals surface area contributed by atoms with Gasteiger partial charge in [0.1, 0.15) is 5.82 Å². The zero-order valence-electron chi connectivity index (χ0n) is 23.2. The lowest BCUT2D eigenvalue weighted by molar-refractivity contribution is 0.630. The summed E-state index contributed by atoms with van der Waals surface area (Å²) < 4.78 is 15.7. The third-order valence-electron chi connectivity index (χ3n) is 7.43. The molecule has 1 aromatic heterocycles. The Kier molecular flexibility index (Phi) is 7.08. The maximum atomic E-state index is 15.7. The average Bonchev–Trinajstić information content (AvgIpc) is 3.09. The topological polar surface area (TPSA) is 38.7 Å². The van der Waals surface area contributed by atoms with Crippen LogP contribution in [0.15, 0.2) is 158 Å². The molecule has 7 rings (SSSR count). The molecule has 0 atom stereocenters. The van der Waals surface area contributed by atoms with Gasteiger partial charge in [-0.05, 0) is 51.6 Å². The van der Waals surface area contributed by atoms with Gasteiger partial charge in [0.15, 0.2) is 17.5 Å². The van der Waals surface area contributed by atoms with Crippen molar-refractivity contribution in [1.29, 1.82) is 0 Å². The molecule has 0 unspecified atom stereocenters. The summed E-state index contributed by atoms with van der Waals surface area (Å²) in [7, 11) is 0. The van der Waals surface area contributed by atoms with Gasteiger partial charge in [0.05, 0.1) is 5.56 Å². The molecule has 43 heavy (non-hydrogen) atoms. The number of rotatable bonds is 6. The Morgan fingerprint density at radius 3 is 1.28 bits per heavy atom. The SMILES string of the molecule is Fc1cc(-c2ccccc2)ccc1-c1nc(-c2ccc(-c3ccccc3)cc2)nc(-c2cccc(-c3ccccc3)c2)n1. The van der Waals surface area contributed by atoms with Crippen LogP contribution in [0.2, 0.25) is 0 Å². The number of hydrogen-bond acceptors (Lipinski definition) is 3. The second kappa shape index (κ2) is 11.6. The third kappa shape index (κ3) is 5.59. The summed E-state index contributed by atoms with van der Waals surface area (Å²) in [6.07, 6.45) is 0. The number of hydrogen-bond donors (Lipinski definition) is 0. The highest BCUT2D eigenvalue weighted by Crippen LogP contribution is 2.31. The van der Waals surface area contributed by atoms with Gasteiger partial charge in [-0.1, -0.05) is 140 Å². The first kappa shape index (κ1) is 26.2. The first-order valence-corrected chi connectivity index (χ1v) is 14.1. The van der Waals surface area contributed by atoms with Crippen molar-refractivity contribution < 1.29 is 4.39 Å². The van der Waals surface area contributed by atoms with Gasteiger partial charge >= 0.3 is 0 Å². The molecule has 6 aromatic carbocycles. The minimum atomic E-state index is -0.387. The largest absolute Gasteiger partial charge is 0.208 e. The predicted octanol–water partition coefficient (Wildman–Crippen LogP) is 10.0. The quantitative estimate of drug-likeness (QED) is 0.205. The smallest absolute Gasteiger partial charge is 0.167 e. The molecule has 4 heteroatoms. The molecule has 0 aliphatic rings. The fraction of sp³-hybridized carbons (Fsp3) is 0. The Bertz CT molecular complexity index is 2010. The second-order valence-corrected chi connectivity index (χ2v) is 10.3. The highest BCUT2D eigenvalue weighted by atomic mass is 19.1. The lowest BCUT2D eigenvalue weighted by atomic mass is 10.0. The van der Waals surface area contributed by atoms with E-state index in [-0.39, 0.29) is 11.6 Å². The Morgan fingerprint density at radius 2 is 0.698 bits per heavy atom. The van der Waals surface area contributed by atoms with Crippen LogP contribution in [-0.4, -0.2) is 15.0 Å². The van der Waals surface area contributed by atoms with Crippen molar-refractivity contribution in [2.45, 2.75) is 0 Å². The molecule has 0 radical (unpaired) electrons. The monoisotopic (exact) mass is 555 g/mol. The van der Waals surface area contributed by atoms with E-state index in [4.69, 9.17) is 15.0 Å². The zero-order valence-corrected chi connectivity index (χ0v) is 23.2. The molecule has 0 spiro atoms.